The number of nitro groups is 1. The molecule has 8 nitrogen and oxygen atoms in total. The molecule has 2 rings (SSSR count). The topological polar surface area (TPSA) is 119 Å². The van der Waals surface area contributed by atoms with Crippen LogP contribution in [0.1, 0.15) is 0 Å². The largest absolute Gasteiger partial charge is 0.354 e. The summed E-state index contributed by atoms with van der Waals surface area (Å²) in [5.41, 5.74) is 2.12. The minimum atomic E-state index is -0.657. The van der Waals surface area contributed by atoms with Gasteiger partial charge in [-0.15, -0.1) is 0 Å². The van der Waals surface area contributed by atoms with Crippen LogP contribution in [0.2, 0.25) is 10.0 Å². The summed E-state index contributed by atoms with van der Waals surface area (Å²) in [5.74, 6) is 5.01. The molecule has 0 aliphatic heterocycles. The maximum absolute atomic E-state index is 11.1. The van der Waals surface area contributed by atoms with Crippen LogP contribution in [0, 0.1) is 10.1 Å². The maximum Gasteiger partial charge on any atom is 0.354 e. The molecule has 0 aliphatic rings. The zero-order valence-corrected chi connectivity index (χ0v) is 11.3. The zero-order valence-electron chi connectivity index (χ0n) is 9.80. The van der Waals surface area contributed by atoms with E-state index in [1.54, 1.807) is 12.1 Å². The van der Waals surface area contributed by atoms with Gasteiger partial charge in [-0.05, 0) is 18.2 Å². The van der Waals surface area contributed by atoms with Gasteiger partial charge < -0.3 is 10.7 Å². The highest BCUT2D eigenvalue weighted by Crippen LogP contribution is 2.33. The molecular formula is C10H8Cl2N6O2. The minimum Gasteiger partial charge on any atom is -0.333 e. The molecule has 2 aromatic rings. The van der Waals surface area contributed by atoms with Crippen molar-refractivity contribution in [3.63, 3.8) is 0 Å². The Morgan fingerprint density at radius 2 is 1.95 bits per heavy atom. The molecule has 20 heavy (non-hydrogen) atoms. The number of nitrogens with zero attached hydrogens (tertiary/aromatic N) is 3. The summed E-state index contributed by atoms with van der Waals surface area (Å²) in [4.78, 5) is 17.9. The Balaban J connectivity index is 2.48. The monoisotopic (exact) mass is 314 g/mol. The lowest BCUT2D eigenvalue weighted by Crippen LogP contribution is -2.12. The summed E-state index contributed by atoms with van der Waals surface area (Å²) in [5, 5.41) is 14.6. The predicted molar refractivity (Wildman–Crippen MR) is 76.2 cm³/mol. The maximum atomic E-state index is 11.1. The number of benzene rings is 1. The summed E-state index contributed by atoms with van der Waals surface area (Å²) in [6.07, 6.45) is 1.13. The van der Waals surface area contributed by atoms with Gasteiger partial charge >= 0.3 is 5.69 Å². The molecule has 0 atom stereocenters. The van der Waals surface area contributed by atoms with Gasteiger partial charge in [0.1, 0.15) is 6.33 Å². The van der Waals surface area contributed by atoms with Crippen LogP contribution in [0.15, 0.2) is 24.5 Å². The summed E-state index contributed by atoms with van der Waals surface area (Å²) < 4.78 is 0. The summed E-state index contributed by atoms with van der Waals surface area (Å²) >= 11 is 11.8. The standard InChI is InChI=1S/C10H8Cl2N6O2/c11-5-1-2-6(12)7(3-5)16-9-8(18(19)20)10(17-13)15-4-14-9/h1-4H,13H2,(H2,14,15,16,17). The molecule has 10 heteroatoms. The Bertz CT molecular complexity index is 666. The number of nitrogen functional groups attached to an aromatic ring is 1. The van der Waals surface area contributed by atoms with Crippen molar-refractivity contribution in [2.24, 2.45) is 5.84 Å². The van der Waals surface area contributed by atoms with Crippen LogP contribution in [-0.4, -0.2) is 14.9 Å². The number of nitrogens with one attached hydrogen (secondary N) is 2. The first-order valence-corrected chi connectivity index (χ1v) is 5.96. The Labute approximate surface area is 123 Å². The summed E-state index contributed by atoms with van der Waals surface area (Å²) in [7, 11) is 0. The van der Waals surface area contributed by atoms with Gasteiger partial charge in [0.05, 0.1) is 15.6 Å². The fourth-order valence-electron chi connectivity index (χ4n) is 1.47. The van der Waals surface area contributed by atoms with E-state index in [0.717, 1.165) is 6.33 Å². The summed E-state index contributed by atoms with van der Waals surface area (Å²) in [6.45, 7) is 0. The van der Waals surface area contributed by atoms with Crippen LogP contribution < -0.4 is 16.6 Å². The number of hydrogen-bond acceptors (Lipinski definition) is 7. The Hall–Kier alpha value is -2.16. The van der Waals surface area contributed by atoms with E-state index >= 15 is 0 Å². The molecule has 0 bridgehead atoms. The molecule has 0 radical (unpaired) electrons. The Morgan fingerprint density at radius 1 is 1.25 bits per heavy atom. The van der Waals surface area contributed by atoms with Crippen LogP contribution in [0.25, 0.3) is 0 Å². The Morgan fingerprint density at radius 3 is 2.60 bits per heavy atom. The molecule has 0 fully saturated rings. The van der Waals surface area contributed by atoms with Gasteiger partial charge in [0.2, 0.25) is 11.6 Å². The van der Waals surface area contributed by atoms with E-state index in [9.17, 15) is 10.1 Å². The number of hydrogen-bond donors (Lipinski definition) is 3. The summed E-state index contributed by atoms with van der Waals surface area (Å²) in [6, 6.07) is 4.67. The second kappa shape index (κ2) is 5.87. The first kappa shape index (κ1) is 14.3. The van der Waals surface area contributed by atoms with E-state index in [1.165, 1.54) is 6.07 Å². The first-order chi connectivity index (χ1) is 9.52. The van der Waals surface area contributed by atoms with E-state index in [-0.39, 0.29) is 11.6 Å². The molecule has 0 aliphatic carbocycles. The quantitative estimate of drug-likeness (QED) is 0.451. The van der Waals surface area contributed by atoms with Gasteiger partial charge in [0, 0.05) is 5.02 Å². The molecule has 1 heterocycles. The molecule has 1 aromatic heterocycles. The lowest BCUT2D eigenvalue weighted by molar-refractivity contribution is -0.383. The van der Waals surface area contributed by atoms with E-state index in [2.05, 4.69) is 20.7 Å². The number of anilines is 3. The van der Waals surface area contributed by atoms with Gasteiger partial charge in [0.25, 0.3) is 0 Å². The highest BCUT2D eigenvalue weighted by Gasteiger charge is 2.23. The number of rotatable bonds is 4. The highest BCUT2D eigenvalue weighted by atomic mass is 35.5. The SMILES string of the molecule is NNc1ncnc(Nc2cc(Cl)ccc2Cl)c1[N+](=O)[O-]. The highest BCUT2D eigenvalue weighted by molar-refractivity contribution is 6.35. The molecular weight excluding hydrogens is 307 g/mol. The van der Waals surface area contributed by atoms with Crippen molar-refractivity contribution in [1.29, 1.82) is 0 Å². The molecule has 104 valence electrons. The van der Waals surface area contributed by atoms with Gasteiger partial charge in [-0.25, -0.2) is 15.8 Å². The second-order valence-electron chi connectivity index (χ2n) is 3.57. The molecule has 0 saturated carbocycles. The zero-order chi connectivity index (χ0) is 14.7. The van der Waals surface area contributed by atoms with Crippen LogP contribution in [0.3, 0.4) is 0 Å². The first-order valence-electron chi connectivity index (χ1n) is 5.21. The molecule has 4 N–H and O–H groups in total. The fourth-order valence-corrected chi connectivity index (χ4v) is 1.81. The number of hydrazine groups is 1. The predicted octanol–water partition coefficient (Wildman–Crippen LogP) is 2.72. The van der Waals surface area contributed by atoms with Crippen LogP contribution in [0.4, 0.5) is 23.0 Å². The van der Waals surface area contributed by atoms with Crippen LogP contribution in [0.5, 0.6) is 0 Å². The minimum absolute atomic E-state index is 0.0536. The van der Waals surface area contributed by atoms with Crippen LogP contribution >= 0.6 is 23.2 Å². The van der Waals surface area contributed by atoms with Gasteiger partial charge in [-0.3, -0.25) is 10.1 Å². The third kappa shape index (κ3) is 2.87. The average Bonchev–Trinajstić information content (AvgIpc) is 2.42. The number of nitrogens with two attached hydrogens (primary N) is 1. The van der Waals surface area contributed by atoms with E-state index in [0.29, 0.717) is 15.7 Å². The van der Waals surface area contributed by atoms with Crippen molar-refractivity contribution >= 4 is 46.2 Å². The van der Waals surface area contributed by atoms with Crippen molar-refractivity contribution in [3.05, 3.63) is 44.7 Å². The molecule has 0 spiro atoms. The lowest BCUT2D eigenvalue weighted by atomic mass is 10.3. The van der Waals surface area contributed by atoms with Crippen molar-refractivity contribution in [2.45, 2.75) is 0 Å². The fraction of sp³-hybridized carbons (Fsp3) is 0. The van der Waals surface area contributed by atoms with Crippen molar-refractivity contribution in [1.82, 2.24) is 9.97 Å². The second-order valence-corrected chi connectivity index (χ2v) is 4.41. The number of aromatic nitrogens is 2. The average molecular weight is 315 g/mol. The molecule has 0 saturated heterocycles. The lowest BCUT2D eigenvalue weighted by Gasteiger charge is -2.09. The van der Waals surface area contributed by atoms with E-state index in [1.807, 2.05) is 0 Å². The van der Waals surface area contributed by atoms with Crippen molar-refractivity contribution in [2.75, 3.05) is 10.7 Å². The third-order valence-corrected chi connectivity index (χ3v) is 2.89. The normalized spacial score (nSPS) is 10.2. The van der Waals surface area contributed by atoms with E-state index in [4.69, 9.17) is 29.0 Å². The number of halogens is 2. The van der Waals surface area contributed by atoms with Crippen LogP contribution in [-0.2, 0) is 0 Å². The van der Waals surface area contributed by atoms with Crippen molar-refractivity contribution < 1.29 is 4.92 Å². The molecule has 0 unspecified atom stereocenters. The third-order valence-electron chi connectivity index (χ3n) is 2.32. The van der Waals surface area contributed by atoms with E-state index < -0.39 is 10.6 Å². The molecule has 1 aromatic carbocycles. The van der Waals surface area contributed by atoms with Gasteiger partial charge in [-0.2, -0.15) is 0 Å². The smallest absolute Gasteiger partial charge is 0.333 e. The van der Waals surface area contributed by atoms with Gasteiger partial charge in [0.15, 0.2) is 0 Å². The van der Waals surface area contributed by atoms with Crippen molar-refractivity contribution in [3.8, 4) is 0 Å². The van der Waals surface area contributed by atoms with Gasteiger partial charge in [-0.1, -0.05) is 23.2 Å². The molecule has 0 amide bonds. The Kier molecular flexibility index (Phi) is 4.18.